The Labute approximate surface area is 398 Å². The Morgan fingerprint density at radius 2 is 1.01 bits per heavy atom. The number of hydrogen-bond donors (Lipinski definition) is 4. The molecule has 10 aromatic heterocycles. The Bertz CT molecular complexity index is 3390. The SMILES string of the molecule is Cc1cc(-c2ncco2)ncc1-c1cc2cc(NC(=O)[C@@H]3C[C@H]3c3cnn(C)c3)ncc2c(N)n1.Cc1cc(-c2ncco2)ncc1-c1cc2cc(NC(=O)[C@H]3C[C@@H]3c3cnn(C)c3)ncc2c(N)n1. The van der Waals surface area contributed by atoms with Crippen molar-refractivity contribution >= 4 is 56.6 Å². The predicted octanol–water partition coefficient (Wildman–Crippen LogP) is 7.43. The second-order valence-electron chi connectivity index (χ2n) is 17.6. The summed E-state index contributed by atoms with van der Waals surface area (Å²) in [6, 6.07) is 11.3. The maximum absolute atomic E-state index is 12.8. The lowest BCUT2D eigenvalue weighted by Gasteiger charge is -2.11. The molecule has 12 rings (SSSR count). The van der Waals surface area contributed by atoms with Gasteiger partial charge in [-0.1, -0.05) is 0 Å². The van der Waals surface area contributed by atoms with Gasteiger partial charge in [-0.05, 0) is 108 Å². The average Bonchev–Trinajstić information content (AvgIpc) is 3.89. The molecule has 2 fully saturated rings. The standard InChI is InChI=1S/2C25H22N8O2/c2*1-13-5-21(25-27-3-4-35-25)28-10-18(13)20-6-14-7-22(29-11-19(14)23(26)31-20)32-24(34)17-8-16(17)15-9-30-33(2)12-15/h2*3-7,9-12,16-17H,8H2,1-2H3,(H2,26,31)(H,29,32,34)/t2*16-,17+/m10/s1. The molecule has 0 radical (unpaired) electrons. The van der Waals surface area contributed by atoms with Crippen LogP contribution in [-0.4, -0.2) is 71.2 Å². The van der Waals surface area contributed by atoms with E-state index in [4.69, 9.17) is 20.3 Å². The van der Waals surface area contributed by atoms with Gasteiger partial charge in [0.15, 0.2) is 0 Å². The highest BCUT2D eigenvalue weighted by molar-refractivity contribution is 6.00. The molecular weight excluding hydrogens is 889 g/mol. The number of oxazole rings is 2. The molecule has 0 aromatic carbocycles. The first-order chi connectivity index (χ1) is 33.9. The van der Waals surface area contributed by atoms with Crippen LogP contribution in [0.15, 0.2) is 120 Å². The minimum absolute atomic E-state index is 0.0462. The molecule has 2 amide bonds. The van der Waals surface area contributed by atoms with E-state index in [0.29, 0.717) is 68.6 Å². The van der Waals surface area contributed by atoms with E-state index in [1.165, 1.54) is 12.5 Å². The first-order valence-corrected chi connectivity index (χ1v) is 22.4. The van der Waals surface area contributed by atoms with Gasteiger partial charge in [-0.3, -0.25) is 28.9 Å². The third-order valence-corrected chi connectivity index (χ3v) is 12.6. The van der Waals surface area contributed by atoms with Gasteiger partial charge in [-0.25, -0.2) is 29.9 Å². The van der Waals surface area contributed by atoms with Gasteiger partial charge in [0.25, 0.3) is 0 Å². The molecular formula is C50H44N16O4. The number of nitrogens with two attached hydrogens (primary N) is 2. The highest BCUT2D eigenvalue weighted by Gasteiger charge is 2.45. The number of nitrogens with zero attached hydrogens (tertiary/aromatic N) is 12. The molecule has 0 bridgehead atoms. The number of carbonyl (C=O) groups is 2. The van der Waals surface area contributed by atoms with E-state index in [-0.39, 0.29) is 35.5 Å². The van der Waals surface area contributed by atoms with Gasteiger partial charge in [0.2, 0.25) is 23.6 Å². The van der Waals surface area contributed by atoms with Crippen molar-refractivity contribution in [2.75, 3.05) is 22.1 Å². The van der Waals surface area contributed by atoms with Gasteiger partial charge in [0.1, 0.15) is 47.2 Å². The van der Waals surface area contributed by atoms with Crippen molar-refractivity contribution in [1.29, 1.82) is 0 Å². The van der Waals surface area contributed by atoms with E-state index in [1.54, 1.807) is 46.5 Å². The van der Waals surface area contributed by atoms with E-state index >= 15 is 0 Å². The molecule has 0 aliphatic heterocycles. The van der Waals surface area contributed by atoms with E-state index in [1.807, 2.05) is 89.1 Å². The van der Waals surface area contributed by atoms with Crippen LogP contribution in [-0.2, 0) is 23.7 Å². The summed E-state index contributed by atoms with van der Waals surface area (Å²) in [4.78, 5) is 60.7. The molecule has 348 valence electrons. The monoisotopic (exact) mass is 932 g/mol. The summed E-state index contributed by atoms with van der Waals surface area (Å²) in [6.45, 7) is 3.94. The van der Waals surface area contributed by atoms with Crippen molar-refractivity contribution in [2.45, 2.75) is 38.5 Å². The fraction of sp³-hybridized carbons (Fsp3) is 0.200. The van der Waals surface area contributed by atoms with E-state index in [2.05, 4.69) is 60.7 Å². The van der Waals surface area contributed by atoms with E-state index < -0.39 is 0 Å². The largest absolute Gasteiger partial charge is 0.443 e. The normalized spacial score (nSPS) is 17.0. The van der Waals surface area contributed by atoms with Crippen LogP contribution < -0.4 is 22.1 Å². The fourth-order valence-electron chi connectivity index (χ4n) is 8.75. The van der Waals surface area contributed by atoms with Crippen molar-refractivity contribution in [3.63, 3.8) is 0 Å². The van der Waals surface area contributed by atoms with Gasteiger partial charge >= 0.3 is 0 Å². The Morgan fingerprint density at radius 1 is 0.571 bits per heavy atom. The first-order valence-electron chi connectivity index (χ1n) is 22.4. The summed E-state index contributed by atoms with van der Waals surface area (Å²) in [5.41, 5.74) is 20.9. The second kappa shape index (κ2) is 17.5. The van der Waals surface area contributed by atoms with Crippen molar-refractivity contribution in [3.8, 4) is 45.7 Å². The molecule has 20 heteroatoms. The van der Waals surface area contributed by atoms with Crippen molar-refractivity contribution in [3.05, 3.63) is 133 Å². The number of pyridine rings is 6. The van der Waals surface area contributed by atoms with Crippen LogP contribution in [0, 0.1) is 25.7 Å². The molecule has 6 N–H and O–H groups in total. The number of nitrogen functional groups attached to an aromatic ring is 2. The minimum Gasteiger partial charge on any atom is -0.443 e. The number of nitrogens with one attached hydrogen (secondary N) is 2. The Kier molecular flexibility index (Phi) is 10.8. The molecule has 0 spiro atoms. The minimum atomic E-state index is -0.0781. The van der Waals surface area contributed by atoms with Crippen LogP contribution >= 0.6 is 0 Å². The maximum Gasteiger partial charge on any atom is 0.244 e. The summed E-state index contributed by atoms with van der Waals surface area (Å²) in [5, 5.41) is 17.4. The van der Waals surface area contributed by atoms with Crippen LogP contribution in [0.4, 0.5) is 23.3 Å². The zero-order chi connectivity index (χ0) is 48.2. The fourth-order valence-corrected chi connectivity index (χ4v) is 8.75. The molecule has 10 aromatic rings. The average molecular weight is 933 g/mol. The zero-order valence-corrected chi connectivity index (χ0v) is 38.3. The maximum atomic E-state index is 12.8. The molecule has 2 aliphatic carbocycles. The molecule has 0 saturated heterocycles. The molecule has 0 unspecified atom stereocenters. The summed E-state index contributed by atoms with van der Waals surface area (Å²) in [5.74, 6) is 2.74. The lowest BCUT2D eigenvalue weighted by molar-refractivity contribution is -0.118. The van der Waals surface area contributed by atoms with Crippen LogP contribution in [0.2, 0.25) is 0 Å². The van der Waals surface area contributed by atoms with Gasteiger partial charge in [-0.2, -0.15) is 10.2 Å². The summed E-state index contributed by atoms with van der Waals surface area (Å²) in [6.07, 6.45) is 22.1. The van der Waals surface area contributed by atoms with Gasteiger partial charge in [-0.15, -0.1) is 0 Å². The molecule has 2 aliphatic rings. The van der Waals surface area contributed by atoms with Crippen LogP contribution in [0.3, 0.4) is 0 Å². The van der Waals surface area contributed by atoms with E-state index in [0.717, 1.165) is 57.0 Å². The number of aromatic nitrogens is 12. The van der Waals surface area contributed by atoms with Crippen LogP contribution in [0.25, 0.3) is 67.2 Å². The second-order valence-corrected chi connectivity index (χ2v) is 17.6. The molecule has 4 atom stereocenters. The van der Waals surface area contributed by atoms with Crippen molar-refractivity contribution in [2.24, 2.45) is 25.9 Å². The van der Waals surface area contributed by atoms with Crippen molar-refractivity contribution < 1.29 is 18.4 Å². The Balaban J connectivity index is 0.000000152. The predicted molar refractivity (Wildman–Crippen MR) is 260 cm³/mol. The van der Waals surface area contributed by atoms with Crippen LogP contribution in [0.5, 0.6) is 0 Å². The number of rotatable bonds is 10. The number of carbonyl (C=O) groups excluding carboxylic acids is 2. The molecule has 2 saturated carbocycles. The Morgan fingerprint density at radius 3 is 1.39 bits per heavy atom. The topological polar surface area (TPSA) is 275 Å². The van der Waals surface area contributed by atoms with Crippen LogP contribution in [0.1, 0.15) is 46.9 Å². The summed E-state index contributed by atoms with van der Waals surface area (Å²) < 4.78 is 14.2. The number of amides is 2. The lowest BCUT2D eigenvalue weighted by Crippen LogP contribution is -2.15. The Hall–Kier alpha value is -9.20. The van der Waals surface area contributed by atoms with Gasteiger partial charge in [0.05, 0.1) is 36.2 Å². The highest BCUT2D eigenvalue weighted by atomic mass is 16.3. The molecule has 70 heavy (non-hydrogen) atoms. The first kappa shape index (κ1) is 43.4. The summed E-state index contributed by atoms with van der Waals surface area (Å²) >= 11 is 0. The quantitative estimate of drug-likeness (QED) is 0.104. The smallest absolute Gasteiger partial charge is 0.244 e. The third-order valence-electron chi connectivity index (χ3n) is 12.6. The molecule has 10 heterocycles. The van der Waals surface area contributed by atoms with Crippen molar-refractivity contribution in [1.82, 2.24) is 59.4 Å². The zero-order valence-electron chi connectivity index (χ0n) is 38.3. The number of hydrogen-bond acceptors (Lipinski definition) is 16. The number of aryl methyl sites for hydroxylation is 4. The highest BCUT2D eigenvalue weighted by Crippen LogP contribution is 2.49. The number of anilines is 4. The number of fused-ring (bicyclic) bond motifs is 2. The summed E-state index contributed by atoms with van der Waals surface area (Å²) in [7, 11) is 3.74. The molecule has 20 nitrogen and oxygen atoms in total. The van der Waals surface area contributed by atoms with Gasteiger partial charge < -0.3 is 30.9 Å². The van der Waals surface area contributed by atoms with Gasteiger partial charge in [0, 0.05) is 85.0 Å². The third kappa shape index (κ3) is 8.64. The lowest BCUT2D eigenvalue weighted by atomic mass is 10.0. The van der Waals surface area contributed by atoms with E-state index in [9.17, 15) is 9.59 Å².